The molecule has 1 heterocycles. The minimum atomic E-state index is 0.0343. The summed E-state index contributed by atoms with van der Waals surface area (Å²) in [7, 11) is 1.65. The number of ether oxygens (including phenoxy) is 1. The molecule has 2 aromatic rings. The first-order valence-electron chi connectivity index (χ1n) is 8.68. The van der Waals surface area contributed by atoms with E-state index in [-0.39, 0.29) is 16.7 Å². The normalized spacial score (nSPS) is 17.4. The molecule has 0 aliphatic carbocycles. The van der Waals surface area contributed by atoms with Crippen LogP contribution in [0.25, 0.3) is 0 Å². The molecule has 0 spiro atoms. The molecule has 0 saturated carbocycles. The van der Waals surface area contributed by atoms with E-state index in [1.54, 1.807) is 18.9 Å². The molecule has 0 N–H and O–H groups in total. The fourth-order valence-corrected chi connectivity index (χ4v) is 4.87. The van der Waals surface area contributed by atoms with E-state index in [2.05, 4.69) is 48.8 Å². The molecule has 5 heteroatoms. The number of carbonyl (C=O) groups is 1. The maximum absolute atomic E-state index is 13.1. The van der Waals surface area contributed by atoms with Gasteiger partial charge in [-0.25, -0.2) is 0 Å². The van der Waals surface area contributed by atoms with E-state index in [4.69, 9.17) is 4.74 Å². The van der Waals surface area contributed by atoms with Crippen molar-refractivity contribution in [2.45, 2.75) is 31.6 Å². The molecule has 1 saturated heterocycles. The molecular weight excluding hydrogens is 410 g/mol. The van der Waals surface area contributed by atoms with Crippen molar-refractivity contribution in [3.8, 4) is 5.75 Å². The summed E-state index contributed by atoms with van der Waals surface area (Å²) < 4.78 is 6.22. The van der Waals surface area contributed by atoms with Crippen LogP contribution >= 0.6 is 27.7 Å². The Bertz CT molecular complexity index is 799. The molecule has 0 bridgehead atoms. The molecule has 1 amide bonds. The highest BCUT2D eigenvalue weighted by Crippen LogP contribution is 2.41. The third-order valence-corrected chi connectivity index (χ3v) is 6.49. The Hall–Kier alpha value is -1.46. The summed E-state index contributed by atoms with van der Waals surface area (Å²) in [5.74, 6) is 1.83. The van der Waals surface area contributed by atoms with Gasteiger partial charge in [0.2, 0.25) is 0 Å². The van der Waals surface area contributed by atoms with E-state index >= 15 is 0 Å². The molecule has 3 nitrogen and oxygen atoms in total. The van der Waals surface area contributed by atoms with Gasteiger partial charge in [0.05, 0.1) is 11.6 Å². The Balaban J connectivity index is 1.83. The second kappa shape index (κ2) is 7.65. The van der Waals surface area contributed by atoms with Crippen molar-refractivity contribution >= 4 is 33.6 Å². The fourth-order valence-electron chi connectivity index (χ4n) is 3.07. The van der Waals surface area contributed by atoms with E-state index in [1.807, 2.05) is 35.2 Å². The van der Waals surface area contributed by atoms with Crippen LogP contribution in [-0.4, -0.2) is 30.2 Å². The minimum absolute atomic E-state index is 0.0343. The Kier molecular flexibility index (Phi) is 5.68. The van der Waals surface area contributed by atoms with Gasteiger partial charge in [0, 0.05) is 17.9 Å². The largest absolute Gasteiger partial charge is 0.496 e. The molecule has 1 unspecified atom stereocenters. The van der Waals surface area contributed by atoms with Gasteiger partial charge in [-0.3, -0.25) is 4.79 Å². The molecule has 1 fully saturated rings. The van der Waals surface area contributed by atoms with Crippen LogP contribution in [0, 0.1) is 0 Å². The van der Waals surface area contributed by atoms with Crippen LogP contribution in [0.4, 0.5) is 0 Å². The fraction of sp³-hybridized carbons (Fsp3) is 0.381. The molecule has 26 heavy (non-hydrogen) atoms. The molecule has 0 aromatic heterocycles. The molecule has 0 radical (unpaired) electrons. The number of carbonyl (C=O) groups excluding carboxylic acids is 1. The quantitative estimate of drug-likeness (QED) is 0.626. The van der Waals surface area contributed by atoms with Crippen LogP contribution in [0.5, 0.6) is 5.75 Å². The van der Waals surface area contributed by atoms with Gasteiger partial charge in [-0.05, 0) is 56.7 Å². The summed E-state index contributed by atoms with van der Waals surface area (Å²) in [5.41, 5.74) is 3.18. The topological polar surface area (TPSA) is 29.5 Å². The van der Waals surface area contributed by atoms with Crippen LogP contribution in [0.1, 0.15) is 47.6 Å². The molecule has 3 rings (SSSR count). The Morgan fingerprint density at radius 2 is 1.88 bits per heavy atom. The van der Waals surface area contributed by atoms with Crippen molar-refractivity contribution in [1.82, 2.24) is 4.90 Å². The monoisotopic (exact) mass is 433 g/mol. The third kappa shape index (κ3) is 3.94. The van der Waals surface area contributed by atoms with Crippen molar-refractivity contribution in [1.29, 1.82) is 0 Å². The number of hydrogen-bond donors (Lipinski definition) is 0. The third-order valence-electron chi connectivity index (χ3n) is 4.61. The summed E-state index contributed by atoms with van der Waals surface area (Å²) in [6.45, 7) is 7.30. The van der Waals surface area contributed by atoms with Crippen molar-refractivity contribution in [3.63, 3.8) is 0 Å². The van der Waals surface area contributed by atoms with Gasteiger partial charge in [0.25, 0.3) is 5.91 Å². The Morgan fingerprint density at radius 1 is 1.19 bits per heavy atom. The highest BCUT2D eigenvalue weighted by molar-refractivity contribution is 9.10. The zero-order chi connectivity index (χ0) is 18.9. The maximum atomic E-state index is 13.1. The van der Waals surface area contributed by atoms with Gasteiger partial charge in [-0.1, -0.05) is 39.0 Å². The smallest absolute Gasteiger partial charge is 0.255 e. The first kappa shape index (κ1) is 19.3. The zero-order valence-corrected chi connectivity index (χ0v) is 18.0. The predicted molar refractivity (Wildman–Crippen MR) is 112 cm³/mol. The molecule has 138 valence electrons. The average Bonchev–Trinajstić information content (AvgIpc) is 3.10. The number of methoxy groups -OCH3 is 1. The van der Waals surface area contributed by atoms with Crippen molar-refractivity contribution < 1.29 is 9.53 Å². The van der Waals surface area contributed by atoms with Gasteiger partial charge in [0.1, 0.15) is 11.1 Å². The molecular formula is C21H24BrNO2S. The Labute approximate surface area is 168 Å². The van der Waals surface area contributed by atoms with Crippen LogP contribution in [0.2, 0.25) is 0 Å². The Morgan fingerprint density at radius 3 is 2.46 bits per heavy atom. The van der Waals surface area contributed by atoms with Gasteiger partial charge in [-0.2, -0.15) is 0 Å². The van der Waals surface area contributed by atoms with Gasteiger partial charge in [0.15, 0.2) is 0 Å². The summed E-state index contributed by atoms with van der Waals surface area (Å²) in [5, 5.41) is 0.0343. The highest BCUT2D eigenvalue weighted by atomic mass is 79.9. The van der Waals surface area contributed by atoms with Gasteiger partial charge < -0.3 is 9.64 Å². The molecule has 1 aliphatic rings. The minimum Gasteiger partial charge on any atom is -0.496 e. The van der Waals surface area contributed by atoms with E-state index in [0.717, 1.165) is 33.6 Å². The lowest BCUT2D eigenvalue weighted by atomic mass is 9.86. The van der Waals surface area contributed by atoms with Crippen LogP contribution < -0.4 is 4.74 Å². The molecule has 1 atom stereocenters. The lowest BCUT2D eigenvalue weighted by Gasteiger charge is -2.25. The van der Waals surface area contributed by atoms with Crippen LogP contribution in [0.3, 0.4) is 0 Å². The summed E-state index contributed by atoms with van der Waals surface area (Å²) in [4.78, 5) is 15.0. The number of thioether (sulfide) groups is 1. The number of benzene rings is 2. The van der Waals surface area contributed by atoms with Crippen molar-refractivity contribution in [2.75, 3.05) is 19.4 Å². The number of rotatable bonds is 3. The van der Waals surface area contributed by atoms with E-state index in [9.17, 15) is 4.79 Å². The summed E-state index contributed by atoms with van der Waals surface area (Å²) >= 11 is 5.34. The first-order chi connectivity index (χ1) is 12.3. The van der Waals surface area contributed by atoms with Gasteiger partial charge in [-0.15, -0.1) is 11.8 Å². The lowest BCUT2D eigenvalue weighted by Crippen LogP contribution is -2.30. The summed E-state index contributed by atoms with van der Waals surface area (Å²) in [6.07, 6.45) is 0. The van der Waals surface area contributed by atoms with Crippen LogP contribution in [-0.2, 0) is 5.41 Å². The number of halogens is 1. The number of nitrogens with zero attached hydrogens (tertiary/aromatic N) is 1. The second-order valence-electron chi connectivity index (χ2n) is 7.44. The SMILES string of the molecule is COc1ccc(C2SCCN2C(=O)c2ccc(C(C)(C)C)cc2)cc1Br. The number of hydrogen-bond acceptors (Lipinski definition) is 3. The standard InChI is InChI=1S/C21H24BrNO2S/c1-21(2,3)16-8-5-14(6-9-16)19(24)23-11-12-26-20(23)15-7-10-18(25-4)17(22)13-15/h5-10,13,20H,11-12H2,1-4H3. The van der Waals surface area contributed by atoms with Crippen molar-refractivity contribution in [2.24, 2.45) is 0 Å². The molecule has 1 aliphatic heterocycles. The molecule has 2 aromatic carbocycles. The highest BCUT2D eigenvalue weighted by Gasteiger charge is 2.31. The van der Waals surface area contributed by atoms with E-state index in [0.29, 0.717) is 0 Å². The van der Waals surface area contributed by atoms with E-state index < -0.39 is 0 Å². The maximum Gasteiger partial charge on any atom is 0.255 e. The van der Waals surface area contributed by atoms with Crippen molar-refractivity contribution in [3.05, 3.63) is 63.6 Å². The average molecular weight is 434 g/mol. The lowest BCUT2D eigenvalue weighted by molar-refractivity contribution is 0.0760. The predicted octanol–water partition coefficient (Wildman–Crippen LogP) is 5.64. The summed E-state index contributed by atoms with van der Waals surface area (Å²) in [6, 6.07) is 14.1. The zero-order valence-electron chi connectivity index (χ0n) is 15.6. The van der Waals surface area contributed by atoms with E-state index in [1.165, 1.54) is 5.56 Å². The van der Waals surface area contributed by atoms with Gasteiger partial charge >= 0.3 is 0 Å². The van der Waals surface area contributed by atoms with Crippen LogP contribution in [0.15, 0.2) is 46.9 Å². The first-order valence-corrected chi connectivity index (χ1v) is 10.5. The number of amides is 1. The second-order valence-corrected chi connectivity index (χ2v) is 9.49.